The molecule has 42 heavy (non-hydrogen) atoms. The lowest BCUT2D eigenvalue weighted by Gasteiger charge is -2.42. The minimum Gasteiger partial charge on any atom is -0.431 e. The average Bonchev–Trinajstić information content (AvgIpc) is 3.05. The maximum Gasteiger partial charge on any atom is 0.241 e. The predicted octanol–water partition coefficient (Wildman–Crippen LogP) is 10.5. The minimum atomic E-state index is -0.616. The number of hydrogen-bond acceptors (Lipinski definition) is 1. The summed E-state index contributed by atoms with van der Waals surface area (Å²) in [7, 11) is -0.310. The third-order valence-corrected chi connectivity index (χ3v) is 10.4. The Bertz CT molecular complexity index is 1690. The van der Waals surface area contributed by atoms with E-state index in [0.29, 0.717) is 0 Å². The number of rotatable bonds is 12. The van der Waals surface area contributed by atoms with Crippen molar-refractivity contribution < 1.29 is 4.80 Å². The van der Waals surface area contributed by atoms with Crippen molar-refractivity contribution in [2.24, 2.45) is 0 Å². The summed E-state index contributed by atoms with van der Waals surface area (Å²) in [6.45, 7) is 2.28. The molecule has 0 aromatic heterocycles. The van der Waals surface area contributed by atoms with E-state index in [2.05, 4.69) is 134 Å². The van der Waals surface area contributed by atoms with Gasteiger partial charge in [-0.25, -0.2) is 0 Å². The van der Waals surface area contributed by atoms with Crippen molar-refractivity contribution in [3.63, 3.8) is 0 Å². The molecule has 1 atom stereocenters. The van der Waals surface area contributed by atoms with Crippen LogP contribution in [0.1, 0.15) is 74.5 Å². The molecule has 6 rings (SSSR count). The first-order valence-corrected chi connectivity index (χ1v) is 16.6. The third-order valence-electron chi connectivity index (χ3n) is 9.17. The summed E-state index contributed by atoms with van der Waals surface area (Å²) in [6, 6.07) is 46.3. The van der Waals surface area contributed by atoms with Crippen molar-refractivity contribution in [1.29, 1.82) is 0 Å². The van der Waals surface area contributed by atoms with Gasteiger partial charge in [-0.3, -0.25) is 0 Å². The summed E-state index contributed by atoms with van der Waals surface area (Å²) in [5.41, 5.74) is 3.78. The Kier molecular flexibility index (Phi) is 8.83. The number of hydrogen-bond donors (Lipinski definition) is 1. The first-order chi connectivity index (χ1) is 20.8. The first-order valence-electron chi connectivity index (χ1n) is 15.6. The van der Waals surface area contributed by atoms with Crippen molar-refractivity contribution in [3.05, 3.63) is 144 Å². The van der Waals surface area contributed by atoms with Gasteiger partial charge in [-0.15, -0.1) is 0 Å². The van der Waals surface area contributed by atoms with Crippen molar-refractivity contribution in [3.8, 4) is 0 Å². The molecule has 1 nitrogen and oxygen atoms in total. The zero-order valence-electron chi connectivity index (χ0n) is 24.6. The third kappa shape index (κ3) is 5.30. The zero-order chi connectivity index (χ0) is 28.8. The fourth-order valence-electron chi connectivity index (χ4n) is 7.15. The Morgan fingerprint density at radius 2 is 0.976 bits per heavy atom. The molecule has 0 aliphatic rings. The van der Waals surface area contributed by atoms with E-state index in [4.69, 9.17) is 0 Å². The van der Waals surface area contributed by atoms with Crippen LogP contribution in [-0.2, 0) is 5.04 Å². The van der Waals surface area contributed by atoms with Gasteiger partial charge in [0.1, 0.15) is 0 Å². The van der Waals surface area contributed by atoms with E-state index >= 15 is 0 Å². The summed E-state index contributed by atoms with van der Waals surface area (Å²) in [5, 5.41) is 6.82. The standard InChI is InChI=1S/C40H40OSi/c1-2-3-4-5-6-7-27-39(36-26-14-20-30-17-8-11-23-33(30)36)40(42-41,37-28-15-21-31-18-9-12-24-34(31)37)38-29-16-22-32-19-10-13-25-35(32)38/h8-26,28-29,39,41H,2-7,27H2,1H3. The molecule has 0 aliphatic heterocycles. The van der Waals surface area contributed by atoms with E-state index in [1.165, 1.54) is 81.1 Å². The van der Waals surface area contributed by atoms with Gasteiger partial charge in [0, 0.05) is 5.04 Å². The Morgan fingerprint density at radius 1 is 0.524 bits per heavy atom. The van der Waals surface area contributed by atoms with Crippen molar-refractivity contribution >= 4 is 42.1 Å². The van der Waals surface area contributed by atoms with Crippen LogP contribution in [0.25, 0.3) is 32.3 Å². The lowest BCUT2D eigenvalue weighted by molar-refractivity contribution is 0.440. The fourth-order valence-corrected chi connectivity index (χ4v) is 8.28. The van der Waals surface area contributed by atoms with E-state index in [1.807, 2.05) is 0 Å². The van der Waals surface area contributed by atoms with Gasteiger partial charge >= 0.3 is 0 Å². The summed E-state index contributed by atoms with van der Waals surface area (Å²) in [4.78, 5) is 12.0. The predicted molar refractivity (Wildman–Crippen MR) is 181 cm³/mol. The smallest absolute Gasteiger partial charge is 0.241 e. The zero-order valence-corrected chi connectivity index (χ0v) is 25.6. The van der Waals surface area contributed by atoms with Crippen LogP contribution in [0.4, 0.5) is 0 Å². The Hall–Kier alpha value is -3.72. The quantitative estimate of drug-likeness (QED) is 0.116. The summed E-state index contributed by atoms with van der Waals surface area (Å²) < 4.78 is 0. The molecule has 0 spiro atoms. The summed E-state index contributed by atoms with van der Waals surface area (Å²) in [5.74, 6) is 0.0923. The number of unbranched alkanes of at least 4 members (excludes halogenated alkanes) is 5. The van der Waals surface area contributed by atoms with Crippen LogP contribution in [0.3, 0.4) is 0 Å². The second kappa shape index (κ2) is 13.1. The summed E-state index contributed by atoms with van der Waals surface area (Å²) in [6.07, 6.45) is 8.51. The molecule has 0 saturated carbocycles. The van der Waals surface area contributed by atoms with Crippen molar-refractivity contribution in [1.82, 2.24) is 0 Å². The Labute approximate surface area is 253 Å². The fraction of sp³-hybridized carbons (Fsp3) is 0.250. The molecule has 6 aromatic rings. The molecule has 0 heterocycles. The van der Waals surface area contributed by atoms with Crippen LogP contribution in [-0.4, -0.2) is 14.6 Å². The van der Waals surface area contributed by atoms with Gasteiger partial charge in [0.2, 0.25) is 9.76 Å². The van der Waals surface area contributed by atoms with Gasteiger partial charge in [0.05, 0.1) is 0 Å². The van der Waals surface area contributed by atoms with E-state index in [0.717, 1.165) is 12.8 Å². The normalized spacial score (nSPS) is 12.7. The van der Waals surface area contributed by atoms with Gasteiger partial charge < -0.3 is 4.80 Å². The van der Waals surface area contributed by atoms with Crippen LogP contribution in [0.2, 0.25) is 0 Å². The molecule has 0 bridgehead atoms. The number of fused-ring (bicyclic) bond motifs is 3. The molecular weight excluding hydrogens is 525 g/mol. The monoisotopic (exact) mass is 564 g/mol. The highest BCUT2D eigenvalue weighted by Gasteiger charge is 2.45. The number of benzene rings is 6. The largest absolute Gasteiger partial charge is 0.431 e. The topological polar surface area (TPSA) is 20.2 Å². The van der Waals surface area contributed by atoms with Gasteiger partial charge in [0.25, 0.3) is 0 Å². The highest BCUT2D eigenvalue weighted by molar-refractivity contribution is 6.35. The van der Waals surface area contributed by atoms with E-state index in [-0.39, 0.29) is 15.7 Å². The highest BCUT2D eigenvalue weighted by atomic mass is 28.2. The molecule has 0 aliphatic carbocycles. The SMILES string of the molecule is CCCCCCCCC(c1cccc2ccccc12)C([Si]O)(c1cccc2ccccc12)c1cccc2ccccc12. The minimum absolute atomic E-state index is 0.0923. The second-order valence-corrected chi connectivity index (χ2v) is 12.7. The van der Waals surface area contributed by atoms with Crippen LogP contribution in [0.5, 0.6) is 0 Å². The molecule has 2 heteroatoms. The first kappa shape index (κ1) is 28.4. The Balaban J connectivity index is 1.65. The maximum atomic E-state index is 12.0. The molecule has 1 unspecified atom stereocenters. The molecule has 210 valence electrons. The maximum absolute atomic E-state index is 12.0. The van der Waals surface area contributed by atoms with Crippen LogP contribution >= 0.6 is 0 Å². The molecule has 0 amide bonds. The Morgan fingerprint density at radius 3 is 1.55 bits per heavy atom. The molecule has 0 fully saturated rings. The van der Waals surface area contributed by atoms with Crippen LogP contribution < -0.4 is 0 Å². The van der Waals surface area contributed by atoms with Crippen LogP contribution in [0.15, 0.2) is 127 Å². The van der Waals surface area contributed by atoms with Gasteiger partial charge in [-0.2, -0.15) is 0 Å². The lowest BCUT2D eigenvalue weighted by atomic mass is 9.70. The van der Waals surface area contributed by atoms with Crippen LogP contribution in [0, 0.1) is 0 Å². The second-order valence-electron chi connectivity index (χ2n) is 11.7. The van der Waals surface area contributed by atoms with Crippen molar-refractivity contribution in [2.75, 3.05) is 0 Å². The van der Waals surface area contributed by atoms with E-state index in [9.17, 15) is 4.80 Å². The average molecular weight is 565 g/mol. The van der Waals surface area contributed by atoms with E-state index < -0.39 is 5.04 Å². The molecule has 6 aromatic carbocycles. The van der Waals surface area contributed by atoms with Crippen molar-refractivity contribution in [2.45, 2.75) is 62.8 Å². The molecular formula is C40H40OSi. The summed E-state index contributed by atoms with van der Waals surface area (Å²) >= 11 is 0. The highest BCUT2D eigenvalue weighted by Crippen LogP contribution is 2.51. The van der Waals surface area contributed by atoms with Gasteiger partial charge in [-0.05, 0) is 61.3 Å². The molecule has 0 saturated heterocycles. The van der Waals surface area contributed by atoms with E-state index in [1.54, 1.807) is 0 Å². The molecule has 1 N–H and O–H groups in total. The molecule has 2 radical (unpaired) electrons. The van der Waals surface area contributed by atoms with Gasteiger partial charge in [-0.1, -0.05) is 173 Å². The lowest BCUT2D eigenvalue weighted by Crippen LogP contribution is -2.42. The van der Waals surface area contributed by atoms with Gasteiger partial charge in [0.15, 0.2) is 0 Å².